The van der Waals surface area contributed by atoms with Crippen LogP contribution in [0.3, 0.4) is 0 Å². The minimum absolute atomic E-state index is 0.0210. The maximum absolute atomic E-state index is 13.5. The fraction of sp³-hybridized carbons (Fsp3) is 0.174. The first kappa shape index (κ1) is 19.4. The third-order valence-corrected chi connectivity index (χ3v) is 5.41. The second kappa shape index (κ2) is 7.28. The zero-order valence-corrected chi connectivity index (χ0v) is 17.5. The molecule has 0 fully saturated rings. The van der Waals surface area contributed by atoms with Crippen LogP contribution in [0.5, 0.6) is 5.75 Å². The SMILES string of the molecule is CCOc1cccc([C@H]2c3c(oc4ccc(Cl)cc4c3=O)C(=O)N2c2cc(C)on2)c1. The standard InChI is InChI=1S/C23H17ClN2O5/c1-3-29-15-6-4-5-13(10-15)20-19-21(27)16-11-14(24)7-8-17(16)30-22(19)23(28)26(20)18-9-12(2)31-25-18/h4-11,20H,3H2,1-2H3/t20-/m0/s1. The van der Waals surface area contributed by atoms with Crippen LogP contribution in [-0.4, -0.2) is 17.7 Å². The summed E-state index contributed by atoms with van der Waals surface area (Å²) in [6, 6.07) is 12.9. The van der Waals surface area contributed by atoms with Gasteiger partial charge in [0.2, 0.25) is 5.76 Å². The Balaban J connectivity index is 1.80. The first-order chi connectivity index (χ1) is 15.0. The van der Waals surface area contributed by atoms with Crippen molar-refractivity contribution in [2.45, 2.75) is 19.9 Å². The Morgan fingerprint density at radius 1 is 1.16 bits per heavy atom. The van der Waals surface area contributed by atoms with Crippen molar-refractivity contribution in [2.75, 3.05) is 11.5 Å². The minimum Gasteiger partial charge on any atom is -0.494 e. The summed E-state index contributed by atoms with van der Waals surface area (Å²) < 4.78 is 16.7. The first-order valence-electron chi connectivity index (χ1n) is 9.74. The molecule has 0 radical (unpaired) electrons. The van der Waals surface area contributed by atoms with Crippen molar-refractivity contribution in [3.05, 3.63) is 86.4 Å². The molecule has 5 rings (SSSR count). The molecule has 2 aromatic heterocycles. The van der Waals surface area contributed by atoms with Gasteiger partial charge in [-0.3, -0.25) is 14.5 Å². The lowest BCUT2D eigenvalue weighted by atomic mass is 9.98. The van der Waals surface area contributed by atoms with Crippen molar-refractivity contribution in [2.24, 2.45) is 0 Å². The lowest BCUT2D eigenvalue weighted by Gasteiger charge is -2.22. The Hall–Kier alpha value is -3.58. The highest BCUT2D eigenvalue weighted by molar-refractivity contribution is 6.31. The molecule has 156 valence electrons. The van der Waals surface area contributed by atoms with Gasteiger partial charge in [0.15, 0.2) is 11.2 Å². The van der Waals surface area contributed by atoms with Crippen LogP contribution in [0, 0.1) is 6.92 Å². The number of amides is 1. The number of hydrogen-bond donors (Lipinski definition) is 0. The average Bonchev–Trinajstić information content (AvgIpc) is 3.30. The Labute approximate surface area is 181 Å². The summed E-state index contributed by atoms with van der Waals surface area (Å²) in [5.74, 6) is 0.973. The molecule has 0 aliphatic carbocycles. The van der Waals surface area contributed by atoms with E-state index < -0.39 is 11.9 Å². The van der Waals surface area contributed by atoms with Crippen molar-refractivity contribution in [3.63, 3.8) is 0 Å². The van der Waals surface area contributed by atoms with Gasteiger partial charge in [-0.1, -0.05) is 28.9 Å². The molecule has 31 heavy (non-hydrogen) atoms. The number of hydrogen-bond acceptors (Lipinski definition) is 6. The molecule has 0 unspecified atom stereocenters. The van der Waals surface area contributed by atoms with E-state index in [-0.39, 0.29) is 16.8 Å². The zero-order valence-electron chi connectivity index (χ0n) is 16.7. The highest BCUT2D eigenvalue weighted by atomic mass is 35.5. The average molecular weight is 437 g/mol. The van der Waals surface area contributed by atoms with Crippen molar-refractivity contribution in [1.29, 1.82) is 0 Å². The molecule has 1 aliphatic rings. The lowest BCUT2D eigenvalue weighted by molar-refractivity contribution is 0.0969. The molecular formula is C23H17ClN2O5. The van der Waals surface area contributed by atoms with Crippen LogP contribution in [0.2, 0.25) is 5.02 Å². The summed E-state index contributed by atoms with van der Waals surface area (Å²) in [7, 11) is 0. The van der Waals surface area contributed by atoms with E-state index in [2.05, 4.69) is 5.16 Å². The monoisotopic (exact) mass is 436 g/mol. The smallest absolute Gasteiger partial charge is 0.296 e. The third kappa shape index (κ3) is 3.09. The predicted octanol–water partition coefficient (Wildman–Crippen LogP) is 4.89. The molecule has 8 heteroatoms. The molecule has 1 aliphatic heterocycles. The second-order valence-corrected chi connectivity index (χ2v) is 7.63. The maximum Gasteiger partial charge on any atom is 0.296 e. The number of carbonyl (C=O) groups excluding carboxylic acids is 1. The molecule has 0 saturated carbocycles. The molecule has 3 heterocycles. The Morgan fingerprint density at radius 2 is 2.00 bits per heavy atom. The fourth-order valence-electron chi connectivity index (χ4n) is 3.90. The first-order valence-corrected chi connectivity index (χ1v) is 10.1. The molecule has 1 atom stereocenters. The zero-order chi connectivity index (χ0) is 21.7. The summed E-state index contributed by atoms with van der Waals surface area (Å²) in [5.41, 5.74) is 0.893. The van der Waals surface area contributed by atoms with E-state index in [4.69, 9.17) is 25.3 Å². The second-order valence-electron chi connectivity index (χ2n) is 7.19. The molecule has 0 bridgehead atoms. The van der Waals surface area contributed by atoms with Gasteiger partial charge in [-0.25, -0.2) is 0 Å². The quantitative estimate of drug-likeness (QED) is 0.452. The van der Waals surface area contributed by atoms with E-state index in [0.29, 0.717) is 45.5 Å². The van der Waals surface area contributed by atoms with E-state index in [1.54, 1.807) is 37.3 Å². The van der Waals surface area contributed by atoms with E-state index in [0.717, 1.165) is 0 Å². The van der Waals surface area contributed by atoms with Crippen LogP contribution in [0.4, 0.5) is 5.82 Å². The molecular weight excluding hydrogens is 420 g/mol. The number of anilines is 1. The molecule has 7 nitrogen and oxygen atoms in total. The Morgan fingerprint density at radius 3 is 2.74 bits per heavy atom. The van der Waals surface area contributed by atoms with Gasteiger partial charge in [-0.15, -0.1) is 0 Å². The lowest BCUT2D eigenvalue weighted by Crippen LogP contribution is -2.29. The van der Waals surface area contributed by atoms with E-state index in [1.165, 1.54) is 4.90 Å². The summed E-state index contributed by atoms with van der Waals surface area (Å²) in [6.45, 7) is 4.10. The van der Waals surface area contributed by atoms with Crippen LogP contribution in [0.1, 0.15) is 40.4 Å². The van der Waals surface area contributed by atoms with Gasteiger partial charge in [0.05, 0.1) is 23.6 Å². The molecule has 0 N–H and O–H groups in total. The number of fused-ring (bicyclic) bond motifs is 2. The van der Waals surface area contributed by atoms with Crippen molar-refractivity contribution < 1.29 is 18.5 Å². The molecule has 1 amide bonds. The van der Waals surface area contributed by atoms with Crippen molar-refractivity contribution in [1.82, 2.24) is 5.16 Å². The van der Waals surface area contributed by atoms with Gasteiger partial charge < -0.3 is 13.7 Å². The fourth-order valence-corrected chi connectivity index (χ4v) is 4.08. The number of aryl methyl sites for hydroxylation is 1. The molecule has 0 saturated heterocycles. The predicted molar refractivity (Wildman–Crippen MR) is 115 cm³/mol. The number of benzene rings is 2. The Bertz CT molecular complexity index is 1390. The van der Waals surface area contributed by atoms with Crippen LogP contribution >= 0.6 is 11.6 Å². The highest BCUT2D eigenvalue weighted by Gasteiger charge is 2.45. The molecule has 0 spiro atoms. The van der Waals surface area contributed by atoms with Crippen LogP contribution in [0.25, 0.3) is 11.0 Å². The van der Waals surface area contributed by atoms with Gasteiger partial charge in [-0.05, 0) is 49.7 Å². The number of ether oxygens (including phenoxy) is 1. The topological polar surface area (TPSA) is 85.8 Å². The van der Waals surface area contributed by atoms with Gasteiger partial charge in [0, 0.05) is 11.1 Å². The van der Waals surface area contributed by atoms with Crippen molar-refractivity contribution >= 4 is 34.3 Å². The molecule has 2 aromatic carbocycles. The highest BCUT2D eigenvalue weighted by Crippen LogP contribution is 2.41. The normalized spacial score (nSPS) is 15.5. The minimum atomic E-state index is -0.757. The van der Waals surface area contributed by atoms with Gasteiger partial charge in [0.1, 0.15) is 17.1 Å². The number of nitrogens with zero attached hydrogens (tertiary/aromatic N) is 2. The maximum atomic E-state index is 13.5. The van der Waals surface area contributed by atoms with Gasteiger partial charge >= 0.3 is 0 Å². The summed E-state index contributed by atoms with van der Waals surface area (Å²) in [5, 5.41) is 4.73. The van der Waals surface area contributed by atoms with Crippen LogP contribution in [0.15, 0.2) is 62.3 Å². The van der Waals surface area contributed by atoms with Gasteiger partial charge in [-0.2, -0.15) is 0 Å². The third-order valence-electron chi connectivity index (χ3n) is 5.18. The van der Waals surface area contributed by atoms with Gasteiger partial charge in [0.25, 0.3) is 5.91 Å². The largest absolute Gasteiger partial charge is 0.494 e. The number of rotatable bonds is 4. The van der Waals surface area contributed by atoms with Crippen LogP contribution < -0.4 is 15.1 Å². The summed E-state index contributed by atoms with van der Waals surface area (Å²) in [4.78, 5) is 28.4. The number of halogens is 1. The number of aromatic nitrogens is 1. The van der Waals surface area contributed by atoms with Crippen molar-refractivity contribution in [3.8, 4) is 5.75 Å². The summed E-state index contributed by atoms with van der Waals surface area (Å²) >= 11 is 6.11. The van der Waals surface area contributed by atoms with Crippen LogP contribution in [-0.2, 0) is 0 Å². The summed E-state index contributed by atoms with van der Waals surface area (Å²) in [6.07, 6.45) is 0. The van der Waals surface area contributed by atoms with E-state index in [9.17, 15) is 9.59 Å². The van der Waals surface area contributed by atoms with E-state index in [1.807, 2.05) is 25.1 Å². The van der Waals surface area contributed by atoms with E-state index >= 15 is 0 Å². The Kier molecular flexibility index (Phi) is 4.55. The number of carbonyl (C=O) groups is 1. The molecule has 4 aromatic rings.